The van der Waals surface area contributed by atoms with Gasteiger partial charge in [-0.05, 0) is 18.6 Å². The van der Waals surface area contributed by atoms with Crippen LogP contribution in [0.4, 0.5) is 18.9 Å². The second-order valence-corrected chi connectivity index (χ2v) is 8.00. The number of nitriles is 1. The van der Waals surface area contributed by atoms with Gasteiger partial charge in [0.1, 0.15) is 22.9 Å². The number of hydrogen-bond donors (Lipinski definition) is 1. The van der Waals surface area contributed by atoms with Gasteiger partial charge in [-0.1, -0.05) is 6.58 Å². The number of nitrogens with zero attached hydrogens (tertiary/aromatic N) is 5. The zero-order valence-corrected chi connectivity index (χ0v) is 17.0. The van der Waals surface area contributed by atoms with Crippen LogP contribution in [0, 0.1) is 17.2 Å². The first kappa shape index (κ1) is 21.8. The number of anilines is 1. The number of hydrogen-bond acceptors (Lipinski definition) is 7. The maximum atomic E-state index is 13.3. The second kappa shape index (κ2) is 8.27. The van der Waals surface area contributed by atoms with Gasteiger partial charge in [-0.3, -0.25) is 14.8 Å². The fraction of sp³-hybridized carbons (Fsp3) is 0.429. The molecule has 2 aromatic rings. The van der Waals surface area contributed by atoms with Crippen molar-refractivity contribution < 1.29 is 22.7 Å². The molecule has 2 aliphatic heterocycles. The Kier molecular flexibility index (Phi) is 5.64. The Hall–Kier alpha value is -3.39. The number of benzene rings is 1. The summed E-state index contributed by atoms with van der Waals surface area (Å²) in [7, 11) is 0. The summed E-state index contributed by atoms with van der Waals surface area (Å²) >= 11 is 0. The third-order valence-corrected chi connectivity index (χ3v) is 5.66. The van der Waals surface area contributed by atoms with E-state index in [-0.39, 0.29) is 26.1 Å². The number of carbonyl (C=O) groups is 1. The molecule has 8 nitrogen and oxygen atoms in total. The molecule has 168 valence electrons. The summed E-state index contributed by atoms with van der Waals surface area (Å²) in [4.78, 5) is 24.6. The van der Waals surface area contributed by atoms with E-state index < -0.39 is 36.7 Å². The smallest absolute Gasteiger partial charge is 0.393 e. The molecule has 11 heteroatoms. The Morgan fingerprint density at radius 2 is 1.94 bits per heavy atom. The fourth-order valence-corrected chi connectivity index (χ4v) is 4.21. The number of likely N-dealkylation sites (tertiary alicyclic amines) is 1. The Bertz CT molecular complexity index is 1100. The number of nitrogens with two attached hydrogens (primary N) is 1. The zero-order valence-electron chi connectivity index (χ0n) is 17.0. The lowest BCUT2D eigenvalue weighted by Crippen LogP contribution is -2.57. The van der Waals surface area contributed by atoms with Gasteiger partial charge in [0.15, 0.2) is 6.10 Å². The summed E-state index contributed by atoms with van der Waals surface area (Å²) in [5.74, 6) is -1.94. The minimum Gasteiger partial charge on any atom is -0.482 e. The van der Waals surface area contributed by atoms with E-state index in [4.69, 9.17) is 10.5 Å². The van der Waals surface area contributed by atoms with Crippen molar-refractivity contribution in [2.75, 3.05) is 31.1 Å². The lowest BCUT2D eigenvalue weighted by molar-refractivity contribution is -0.191. The molecule has 0 saturated carbocycles. The van der Waals surface area contributed by atoms with Crippen LogP contribution in [0.1, 0.15) is 12.0 Å². The van der Waals surface area contributed by atoms with Crippen LogP contribution in [0.5, 0.6) is 0 Å². The third kappa shape index (κ3) is 4.18. The average molecular weight is 446 g/mol. The van der Waals surface area contributed by atoms with Crippen LogP contribution in [-0.4, -0.2) is 65.3 Å². The van der Waals surface area contributed by atoms with E-state index in [0.29, 0.717) is 28.0 Å². The summed E-state index contributed by atoms with van der Waals surface area (Å²) in [6.45, 7) is 3.74. The van der Waals surface area contributed by atoms with Crippen LogP contribution in [-0.2, 0) is 9.53 Å². The molecule has 0 radical (unpaired) electrons. The normalized spacial score (nSPS) is 24.2. The molecule has 3 heterocycles. The molecule has 0 aliphatic carbocycles. The lowest BCUT2D eigenvalue weighted by atomic mass is 9.93. The minimum atomic E-state index is -4.43. The van der Waals surface area contributed by atoms with Crippen LogP contribution in [0.3, 0.4) is 0 Å². The van der Waals surface area contributed by atoms with Crippen molar-refractivity contribution in [2.45, 2.75) is 24.7 Å². The molecule has 3 atom stereocenters. The van der Waals surface area contributed by atoms with E-state index in [9.17, 15) is 23.2 Å². The predicted molar refractivity (Wildman–Crippen MR) is 109 cm³/mol. The van der Waals surface area contributed by atoms with Gasteiger partial charge < -0.3 is 20.3 Å². The molecule has 2 aliphatic rings. The number of rotatable bonds is 2. The van der Waals surface area contributed by atoms with Gasteiger partial charge in [0.05, 0.1) is 30.3 Å². The van der Waals surface area contributed by atoms with Crippen molar-refractivity contribution in [3.05, 3.63) is 42.4 Å². The van der Waals surface area contributed by atoms with Crippen LogP contribution >= 0.6 is 0 Å². The van der Waals surface area contributed by atoms with Crippen molar-refractivity contribution in [2.24, 2.45) is 11.7 Å². The zero-order chi connectivity index (χ0) is 23.0. The second-order valence-electron chi connectivity index (χ2n) is 8.00. The largest absolute Gasteiger partial charge is 0.482 e. The molecule has 32 heavy (non-hydrogen) atoms. The van der Waals surface area contributed by atoms with Crippen LogP contribution < -0.4 is 10.6 Å². The Labute approximate surface area is 182 Å². The van der Waals surface area contributed by atoms with Crippen LogP contribution in [0.25, 0.3) is 11.0 Å². The van der Waals surface area contributed by atoms with E-state index in [2.05, 4.69) is 22.6 Å². The predicted octanol–water partition coefficient (Wildman–Crippen LogP) is 1.96. The lowest BCUT2D eigenvalue weighted by Gasteiger charge is -2.41. The summed E-state index contributed by atoms with van der Waals surface area (Å²) in [5, 5.41) is 9.33. The van der Waals surface area contributed by atoms with Crippen molar-refractivity contribution in [3.63, 3.8) is 0 Å². The van der Waals surface area contributed by atoms with Gasteiger partial charge in [-0.2, -0.15) is 18.4 Å². The summed E-state index contributed by atoms with van der Waals surface area (Å²) in [6, 6.07) is 4.62. The number of fused-ring (bicyclic) bond motifs is 1. The SMILES string of the molecule is C=C1CN(c2ccc(C#N)c3nccnc23)C[C@H](C(=O)N2C[C@H](N)C[C@H](C(F)(F)F)C2)O1. The van der Waals surface area contributed by atoms with E-state index in [1.165, 1.54) is 12.4 Å². The minimum absolute atomic E-state index is 0.0308. The number of piperidine rings is 1. The quantitative estimate of drug-likeness (QED) is 0.751. The van der Waals surface area contributed by atoms with Crippen LogP contribution in [0.2, 0.25) is 0 Å². The Morgan fingerprint density at radius 3 is 2.62 bits per heavy atom. The van der Waals surface area contributed by atoms with E-state index in [1.807, 2.05) is 0 Å². The number of alkyl halides is 3. The first-order valence-electron chi connectivity index (χ1n) is 10.0. The van der Waals surface area contributed by atoms with E-state index in [0.717, 1.165) is 4.90 Å². The highest BCUT2D eigenvalue weighted by atomic mass is 19.4. The van der Waals surface area contributed by atoms with Crippen LogP contribution in [0.15, 0.2) is 36.9 Å². The molecule has 1 aromatic heterocycles. The molecule has 4 rings (SSSR count). The molecular formula is C21H21F3N6O2. The van der Waals surface area contributed by atoms with Crippen molar-refractivity contribution in [1.29, 1.82) is 5.26 Å². The first-order valence-corrected chi connectivity index (χ1v) is 10.0. The summed E-state index contributed by atoms with van der Waals surface area (Å²) in [5.41, 5.74) is 7.69. The fourth-order valence-electron chi connectivity index (χ4n) is 4.21. The molecule has 1 amide bonds. The van der Waals surface area contributed by atoms with Gasteiger partial charge in [-0.15, -0.1) is 0 Å². The standard InChI is InChI=1S/C21H21F3N6O2/c1-12-8-29(16-3-2-13(7-25)18-19(16)28-5-4-27-18)11-17(32-12)20(31)30-9-14(21(22,23)24)6-15(26)10-30/h2-5,14-15,17H,1,6,8-11,26H2/t14-,15+,17+/m0/s1. The highest BCUT2D eigenvalue weighted by Crippen LogP contribution is 2.34. The molecule has 0 unspecified atom stereocenters. The summed E-state index contributed by atoms with van der Waals surface area (Å²) in [6.07, 6.45) is -2.71. The number of amides is 1. The molecule has 1 aromatic carbocycles. The number of halogens is 3. The molecule has 2 N–H and O–H groups in total. The van der Waals surface area contributed by atoms with E-state index in [1.54, 1.807) is 17.0 Å². The van der Waals surface area contributed by atoms with Crippen molar-refractivity contribution in [1.82, 2.24) is 14.9 Å². The molecule has 2 saturated heterocycles. The van der Waals surface area contributed by atoms with Crippen molar-refractivity contribution in [3.8, 4) is 6.07 Å². The first-order chi connectivity index (χ1) is 15.2. The number of aromatic nitrogens is 2. The maximum Gasteiger partial charge on any atom is 0.393 e. The third-order valence-electron chi connectivity index (χ3n) is 5.66. The van der Waals surface area contributed by atoms with Gasteiger partial charge >= 0.3 is 6.18 Å². The molecule has 2 fully saturated rings. The van der Waals surface area contributed by atoms with E-state index >= 15 is 0 Å². The molecular weight excluding hydrogens is 425 g/mol. The number of carbonyl (C=O) groups excluding carboxylic acids is 1. The molecule has 0 spiro atoms. The number of morpholine rings is 1. The van der Waals surface area contributed by atoms with Gasteiger partial charge in [0.2, 0.25) is 0 Å². The summed E-state index contributed by atoms with van der Waals surface area (Å²) < 4.78 is 45.4. The number of ether oxygens (including phenoxy) is 1. The average Bonchev–Trinajstić information content (AvgIpc) is 2.76. The highest BCUT2D eigenvalue weighted by molar-refractivity contribution is 5.92. The highest BCUT2D eigenvalue weighted by Gasteiger charge is 2.46. The van der Waals surface area contributed by atoms with Crippen molar-refractivity contribution >= 4 is 22.6 Å². The van der Waals surface area contributed by atoms with Gasteiger partial charge in [-0.25, -0.2) is 0 Å². The van der Waals surface area contributed by atoms with Gasteiger partial charge in [0, 0.05) is 31.5 Å². The monoisotopic (exact) mass is 446 g/mol. The topological polar surface area (TPSA) is 108 Å². The Balaban J connectivity index is 1.59. The molecule has 0 bridgehead atoms. The Morgan fingerprint density at radius 1 is 1.22 bits per heavy atom. The maximum absolute atomic E-state index is 13.3. The van der Waals surface area contributed by atoms with Gasteiger partial charge in [0.25, 0.3) is 5.91 Å².